The average molecular weight is 322 g/mol. The first-order valence-electron chi connectivity index (χ1n) is 8.37. The van der Waals surface area contributed by atoms with E-state index in [2.05, 4.69) is 17.4 Å². The number of fused-ring (bicyclic) bond motifs is 1. The molecule has 0 bridgehead atoms. The van der Waals surface area contributed by atoms with Gasteiger partial charge in [0.2, 0.25) is 0 Å². The molecule has 4 nitrogen and oxygen atoms in total. The predicted molar refractivity (Wildman–Crippen MR) is 94.0 cm³/mol. The summed E-state index contributed by atoms with van der Waals surface area (Å²) in [6.45, 7) is 0.414. The first kappa shape index (κ1) is 16.4. The molecule has 0 radical (unpaired) electrons. The van der Waals surface area contributed by atoms with Crippen molar-refractivity contribution in [2.24, 2.45) is 0 Å². The molecule has 0 fully saturated rings. The number of imide groups is 1. The maximum absolute atomic E-state index is 12.4. The highest BCUT2D eigenvalue weighted by Crippen LogP contribution is 2.23. The minimum Gasteiger partial charge on any atom is -0.315 e. The number of carbonyl (C=O) groups excluding carboxylic acids is 2. The van der Waals surface area contributed by atoms with Crippen molar-refractivity contribution in [3.05, 3.63) is 71.3 Å². The summed E-state index contributed by atoms with van der Waals surface area (Å²) in [6.07, 6.45) is 2.93. The second-order valence-electron chi connectivity index (χ2n) is 6.13. The summed E-state index contributed by atoms with van der Waals surface area (Å²) in [6, 6.07) is 17.5. The average Bonchev–Trinajstić information content (AvgIpc) is 2.87. The second-order valence-corrected chi connectivity index (χ2v) is 6.13. The van der Waals surface area contributed by atoms with Crippen LogP contribution in [0.5, 0.6) is 0 Å². The summed E-state index contributed by atoms with van der Waals surface area (Å²) in [5, 5.41) is 3.24. The molecule has 2 aromatic rings. The topological polar surface area (TPSA) is 49.4 Å². The molecule has 1 unspecified atom stereocenters. The van der Waals surface area contributed by atoms with Gasteiger partial charge in [0, 0.05) is 12.6 Å². The summed E-state index contributed by atoms with van der Waals surface area (Å²) in [5.41, 5.74) is 2.34. The first-order valence-corrected chi connectivity index (χ1v) is 8.37. The lowest BCUT2D eigenvalue weighted by Crippen LogP contribution is -2.42. The van der Waals surface area contributed by atoms with Crippen LogP contribution in [0.4, 0.5) is 0 Å². The number of aryl methyl sites for hydroxylation is 1. The van der Waals surface area contributed by atoms with Crippen molar-refractivity contribution in [2.75, 3.05) is 13.6 Å². The van der Waals surface area contributed by atoms with Gasteiger partial charge in [-0.3, -0.25) is 14.5 Å². The Kier molecular flexibility index (Phi) is 5.06. The van der Waals surface area contributed by atoms with Crippen LogP contribution in [-0.2, 0) is 6.42 Å². The lowest BCUT2D eigenvalue weighted by atomic mass is 10.0. The molecule has 1 heterocycles. The van der Waals surface area contributed by atoms with Crippen molar-refractivity contribution in [3.63, 3.8) is 0 Å². The fraction of sp³-hybridized carbons (Fsp3) is 0.300. The molecule has 0 aromatic heterocycles. The number of benzene rings is 2. The van der Waals surface area contributed by atoms with Crippen LogP contribution in [0.25, 0.3) is 0 Å². The van der Waals surface area contributed by atoms with Crippen LogP contribution in [-0.4, -0.2) is 36.3 Å². The lowest BCUT2D eigenvalue weighted by Gasteiger charge is -2.22. The van der Waals surface area contributed by atoms with Crippen LogP contribution in [0.15, 0.2) is 54.6 Å². The number of nitrogens with one attached hydrogen (secondary N) is 1. The minimum absolute atomic E-state index is 0.107. The van der Waals surface area contributed by atoms with Gasteiger partial charge >= 0.3 is 0 Å². The highest BCUT2D eigenvalue weighted by atomic mass is 16.2. The van der Waals surface area contributed by atoms with Crippen LogP contribution in [0.2, 0.25) is 0 Å². The summed E-state index contributed by atoms with van der Waals surface area (Å²) in [4.78, 5) is 26.2. The van der Waals surface area contributed by atoms with E-state index in [1.807, 2.05) is 25.2 Å². The van der Waals surface area contributed by atoms with E-state index in [4.69, 9.17) is 0 Å². The van der Waals surface area contributed by atoms with E-state index >= 15 is 0 Å². The van der Waals surface area contributed by atoms with Crippen LogP contribution in [0, 0.1) is 0 Å². The van der Waals surface area contributed by atoms with Gasteiger partial charge in [-0.25, -0.2) is 0 Å². The standard InChI is InChI=1S/C20H22N2O2/c1-21-16(11-7-10-15-8-3-2-4-9-15)14-22-19(23)17-12-5-6-13-18(17)20(22)24/h2-6,8-9,12-13,16,21H,7,10-11,14H2,1H3. The van der Waals surface area contributed by atoms with Gasteiger partial charge in [-0.05, 0) is 44.0 Å². The van der Waals surface area contributed by atoms with E-state index in [0.29, 0.717) is 17.7 Å². The van der Waals surface area contributed by atoms with Gasteiger partial charge in [0.05, 0.1) is 11.1 Å². The molecule has 24 heavy (non-hydrogen) atoms. The van der Waals surface area contributed by atoms with Crippen LogP contribution in [0.3, 0.4) is 0 Å². The molecule has 1 aliphatic heterocycles. The van der Waals surface area contributed by atoms with Crippen molar-refractivity contribution in [2.45, 2.75) is 25.3 Å². The maximum Gasteiger partial charge on any atom is 0.261 e. The third-order valence-electron chi connectivity index (χ3n) is 4.55. The minimum atomic E-state index is -0.182. The second kappa shape index (κ2) is 7.41. The molecule has 1 N–H and O–H groups in total. The fourth-order valence-corrected chi connectivity index (χ4v) is 3.15. The SMILES string of the molecule is CNC(CCCc1ccccc1)CN1C(=O)c2ccccc2C1=O. The Hall–Kier alpha value is -2.46. The highest BCUT2D eigenvalue weighted by Gasteiger charge is 2.35. The summed E-state index contributed by atoms with van der Waals surface area (Å²) < 4.78 is 0. The number of rotatable bonds is 7. The smallest absolute Gasteiger partial charge is 0.261 e. The third-order valence-corrected chi connectivity index (χ3v) is 4.55. The molecule has 3 rings (SSSR count). The van der Waals surface area contributed by atoms with Crippen molar-refractivity contribution in [3.8, 4) is 0 Å². The van der Waals surface area contributed by atoms with E-state index in [1.54, 1.807) is 24.3 Å². The van der Waals surface area contributed by atoms with E-state index in [0.717, 1.165) is 19.3 Å². The number of likely N-dealkylation sites (N-methyl/N-ethyl adjacent to an activating group) is 1. The Balaban J connectivity index is 1.58. The van der Waals surface area contributed by atoms with E-state index < -0.39 is 0 Å². The van der Waals surface area contributed by atoms with Crippen molar-refractivity contribution >= 4 is 11.8 Å². The van der Waals surface area contributed by atoms with E-state index in [9.17, 15) is 9.59 Å². The zero-order valence-electron chi connectivity index (χ0n) is 13.9. The van der Waals surface area contributed by atoms with Gasteiger partial charge in [-0.15, -0.1) is 0 Å². The molecule has 0 saturated carbocycles. The van der Waals surface area contributed by atoms with Crippen molar-refractivity contribution < 1.29 is 9.59 Å². The fourth-order valence-electron chi connectivity index (χ4n) is 3.15. The molecule has 124 valence electrons. The molecule has 1 aliphatic rings. The maximum atomic E-state index is 12.4. The molecular formula is C20H22N2O2. The van der Waals surface area contributed by atoms with Gasteiger partial charge < -0.3 is 5.32 Å². The largest absolute Gasteiger partial charge is 0.315 e. The number of amides is 2. The molecule has 2 amide bonds. The molecule has 0 spiro atoms. The summed E-state index contributed by atoms with van der Waals surface area (Å²) in [7, 11) is 1.88. The molecule has 0 aliphatic carbocycles. The van der Waals surface area contributed by atoms with Gasteiger partial charge in [-0.2, -0.15) is 0 Å². The van der Waals surface area contributed by atoms with Gasteiger partial charge in [-0.1, -0.05) is 42.5 Å². The Morgan fingerprint density at radius 2 is 1.50 bits per heavy atom. The molecule has 2 aromatic carbocycles. The van der Waals surface area contributed by atoms with Crippen LogP contribution < -0.4 is 5.32 Å². The number of hydrogen-bond donors (Lipinski definition) is 1. The predicted octanol–water partition coefficient (Wildman–Crippen LogP) is 2.89. The zero-order chi connectivity index (χ0) is 16.9. The van der Waals surface area contributed by atoms with Crippen molar-refractivity contribution in [1.82, 2.24) is 10.2 Å². The first-order chi connectivity index (χ1) is 11.7. The zero-order valence-corrected chi connectivity index (χ0v) is 13.9. The van der Waals surface area contributed by atoms with Crippen molar-refractivity contribution in [1.29, 1.82) is 0 Å². The summed E-state index contributed by atoms with van der Waals surface area (Å²) in [5.74, 6) is -0.363. The Labute approximate surface area is 142 Å². The lowest BCUT2D eigenvalue weighted by molar-refractivity contribution is 0.0637. The van der Waals surface area contributed by atoms with Crippen LogP contribution >= 0.6 is 0 Å². The summed E-state index contributed by atoms with van der Waals surface area (Å²) >= 11 is 0. The third kappa shape index (κ3) is 3.39. The van der Waals surface area contributed by atoms with E-state index in [-0.39, 0.29) is 17.9 Å². The molecular weight excluding hydrogens is 300 g/mol. The van der Waals surface area contributed by atoms with Crippen LogP contribution in [0.1, 0.15) is 39.1 Å². The van der Waals surface area contributed by atoms with Gasteiger partial charge in [0.1, 0.15) is 0 Å². The number of nitrogens with zero attached hydrogens (tertiary/aromatic N) is 1. The molecule has 0 saturated heterocycles. The van der Waals surface area contributed by atoms with Gasteiger partial charge in [0.25, 0.3) is 11.8 Å². The highest BCUT2D eigenvalue weighted by molar-refractivity contribution is 6.21. The Morgan fingerprint density at radius 1 is 0.917 bits per heavy atom. The molecule has 1 atom stereocenters. The van der Waals surface area contributed by atoms with Gasteiger partial charge in [0.15, 0.2) is 0 Å². The quantitative estimate of drug-likeness (QED) is 0.798. The number of carbonyl (C=O) groups is 2. The Morgan fingerprint density at radius 3 is 2.08 bits per heavy atom. The van der Waals surface area contributed by atoms with E-state index in [1.165, 1.54) is 10.5 Å². The monoisotopic (exact) mass is 322 g/mol. The molecule has 4 heteroatoms. The Bertz CT molecular complexity index is 692. The normalized spacial score (nSPS) is 14.8. The number of hydrogen-bond acceptors (Lipinski definition) is 3.